The van der Waals surface area contributed by atoms with Gasteiger partial charge in [-0.05, 0) is 26.0 Å². The summed E-state index contributed by atoms with van der Waals surface area (Å²) in [7, 11) is 1.78. The van der Waals surface area contributed by atoms with Crippen LogP contribution in [0.1, 0.15) is 16.7 Å². The van der Waals surface area contributed by atoms with Crippen molar-refractivity contribution in [2.45, 2.75) is 26.4 Å². The van der Waals surface area contributed by atoms with E-state index in [0.717, 1.165) is 0 Å². The van der Waals surface area contributed by atoms with E-state index in [4.69, 9.17) is 5.73 Å². The van der Waals surface area contributed by atoms with E-state index in [1.54, 1.807) is 30.2 Å². The van der Waals surface area contributed by atoms with Gasteiger partial charge in [-0.25, -0.2) is 0 Å². The monoisotopic (exact) mass is 248 g/mol. The highest BCUT2D eigenvalue weighted by Crippen LogP contribution is 2.16. The van der Waals surface area contributed by atoms with Crippen LogP contribution in [0.15, 0.2) is 12.1 Å². The fraction of sp³-hybridized carbons (Fsp3) is 0.500. The zero-order valence-electron chi connectivity index (χ0n) is 9.19. The maximum Gasteiger partial charge on any atom is 0.239 e. The fourth-order valence-corrected chi connectivity index (χ4v) is 2.17. The highest BCUT2D eigenvalue weighted by Gasteiger charge is 2.13. The van der Waals surface area contributed by atoms with Crippen molar-refractivity contribution in [2.24, 2.45) is 5.73 Å². The first kappa shape index (κ1) is 14.4. The van der Waals surface area contributed by atoms with Crippen LogP contribution in [0.5, 0.6) is 0 Å². The number of carbonyl (C=O) groups excluding carboxylic acids is 1. The molecule has 0 fully saturated rings. The quantitative estimate of drug-likeness (QED) is 0.887. The Morgan fingerprint density at radius 1 is 1.60 bits per heavy atom. The summed E-state index contributed by atoms with van der Waals surface area (Å²) >= 11 is 1.71. The van der Waals surface area contributed by atoms with Crippen LogP contribution in [0.25, 0.3) is 0 Å². The van der Waals surface area contributed by atoms with Crippen molar-refractivity contribution in [1.82, 2.24) is 4.90 Å². The lowest BCUT2D eigenvalue weighted by Crippen LogP contribution is -2.39. The number of likely N-dealkylation sites (N-methyl/N-ethyl adjacent to an activating group) is 1. The molecule has 1 unspecified atom stereocenters. The SMILES string of the molecule is Cc1ccc(CN(C)C(=O)C(C)N)s1.Cl. The number of nitrogens with zero attached hydrogens (tertiary/aromatic N) is 1. The third kappa shape index (κ3) is 4.20. The number of nitrogens with two attached hydrogens (primary N) is 1. The van der Waals surface area contributed by atoms with Crippen LogP contribution in [0.2, 0.25) is 0 Å². The second kappa shape index (κ2) is 6.10. The smallest absolute Gasteiger partial charge is 0.239 e. The molecule has 0 spiro atoms. The third-order valence-corrected chi connectivity index (χ3v) is 2.94. The predicted octanol–water partition coefficient (Wildman–Crippen LogP) is 1.78. The topological polar surface area (TPSA) is 46.3 Å². The van der Waals surface area contributed by atoms with Gasteiger partial charge in [0.05, 0.1) is 12.6 Å². The molecule has 3 nitrogen and oxygen atoms in total. The van der Waals surface area contributed by atoms with Crippen molar-refractivity contribution < 1.29 is 4.79 Å². The Morgan fingerprint density at radius 2 is 2.20 bits per heavy atom. The first-order chi connectivity index (χ1) is 6.50. The summed E-state index contributed by atoms with van der Waals surface area (Å²) in [6.45, 7) is 4.42. The molecule has 0 aromatic carbocycles. The lowest BCUT2D eigenvalue weighted by Gasteiger charge is -2.18. The highest BCUT2D eigenvalue weighted by atomic mass is 35.5. The van der Waals surface area contributed by atoms with Gasteiger partial charge in [0.25, 0.3) is 0 Å². The summed E-state index contributed by atoms with van der Waals surface area (Å²) in [6, 6.07) is 3.69. The number of rotatable bonds is 3. The van der Waals surface area contributed by atoms with E-state index in [-0.39, 0.29) is 18.3 Å². The second-order valence-corrected chi connectivity index (χ2v) is 4.87. The molecule has 86 valence electrons. The Bertz CT molecular complexity index is 325. The number of hydrogen-bond donors (Lipinski definition) is 1. The van der Waals surface area contributed by atoms with E-state index in [2.05, 4.69) is 13.0 Å². The van der Waals surface area contributed by atoms with Crippen molar-refractivity contribution in [3.63, 3.8) is 0 Å². The molecule has 1 atom stereocenters. The molecule has 0 aliphatic heterocycles. The zero-order valence-corrected chi connectivity index (χ0v) is 10.8. The minimum absolute atomic E-state index is 0. The van der Waals surface area contributed by atoms with E-state index in [1.165, 1.54) is 9.75 Å². The van der Waals surface area contributed by atoms with Crippen LogP contribution in [-0.4, -0.2) is 23.9 Å². The van der Waals surface area contributed by atoms with Gasteiger partial charge in [-0.15, -0.1) is 23.7 Å². The summed E-state index contributed by atoms with van der Waals surface area (Å²) in [5, 5.41) is 0. The molecule has 1 rings (SSSR count). The molecule has 0 aliphatic carbocycles. The minimum atomic E-state index is -0.416. The third-order valence-electron chi connectivity index (χ3n) is 1.95. The molecular formula is C10H17ClN2OS. The Kier molecular flexibility index (Phi) is 5.87. The molecule has 1 amide bonds. The zero-order chi connectivity index (χ0) is 10.7. The number of hydrogen-bond acceptors (Lipinski definition) is 3. The van der Waals surface area contributed by atoms with Gasteiger partial charge in [-0.1, -0.05) is 0 Å². The molecule has 1 aromatic rings. The normalized spacial score (nSPS) is 11.7. The Balaban J connectivity index is 0.00000196. The van der Waals surface area contributed by atoms with Gasteiger partial charge in [0.2, 0.25) is 5.91 Å². The van der Waals surface area contributed by atoms with Crippen LogP contribution in [-0.2, 0) is 11.3 Å². The predicted molar refractivity (Wildman–Crippen MR) is 66.4 cm³/mol. The van der Waals surface area contributed by atoms with Gasteiger partial charge >= 0.3 is 0 Å². The molecule has 0 bridgehead atoms. The molecule has 0 saturated heterocycles. The summed E-state index contributed by atoms with van der Waals surface area (Å²) in [5.41, 5.74) is 5.51. The molecule has 2 N–H and O–H groups in total. The molecule has 1 heterocycles. The van der Waals surface area contributed by atoms with Crippen LogP contribution >= 0.6 is 23.7 Å². The van der Waals surface area contributed by atoms with Crippen molar-refractivity contribution in [3.05, 3.63) is 21.9 Å². The minimum Gasteiger partial charge on any atom is -0.339 e. The van der Waals surface area contributed by atoms with Gasteiger partial charge in [0, 0.05) is 16.8 Å². The van der Waals surface area contributed by atoms with E-state index in [1.807, 2.05) is 6.07 Å². The van der Waals surface area contributed by atoms with Crippen LogP contribution in [0.3, 0.4) is 0 Å². The molecular weight excluding hydrogens is 232 g/mol. The van der Waals surface area contributed by atoms with Gasteiger partial charge in [0.1, 0.15) is 0 Å². The van der Waals surface area contributed by atoms with E-state index in [0.29, 0.717) is 6.54 Å². The van der Waals surface area contributed by atoms with Crippen molar-refractivity contribution in [2.75, 3.05) is 7.05 Å². The summed E-state index contributed by atoms with van der Waals surface area (Å²) < 4.78 is 0. The first-order valence-electron chi connectivity index (χ1n) is 4.56. The molecule has 1 aromatic heterocycles. The number of amides is 1. The molecule has 0 saturated carbocycles. The Labute approximate surface area is 101 Å². The maximum absolute atomic E-state index is 11.5. The summed E-state index contributed by atoms with van der Waals surface area (Å²) in [5.74, 6) is -0.0175. The molecule has 0 aliphatic rings. The molecule has 0 radical (unpaired) electrons. The number of halogens is 1. The first-order valence-corrected chi connectivity index (χ1v) is 5.38. The lowest BCUT2D eigenvalue weighted by atomic mass is 10.3. The van der Waals surface area contributed by atoms with Crippen molar-refractivity contribution >= 4 is 29.7 Å². The van der Waals surface area contributed by atoms with Crippen molar-refractivity contribution in [1.29, 1.82) is 0 Å². The van der Waals surface area contributed by atoms with Gasteiger partial charge in [0.15, 0.2) is 0 Å². The van der Waals surface area contributed by atoms with Gasteiger partial charge in [-0.2, -0.15) is 0 Å². The largest absolute Gasteiger partial charge is 0.339 e. The Morgan fingerprint density at radius 3 is 2.60 bits per heavy atom. The average molecular weight is 249 g/mol. The van der Waals surface area contributed by atoms with E-state index >= 15 is 0 Å². The summed E-state index contributed by atoms with van der Waals surface area (Å²) in [6.07, 6.45) is 0. The van der Waals surface area contributed by atoms with E-state index in [9.17, 15) is 4.79 Å². The van der Waals surface area contributed by atoms with Crippen LogP contribution in [0, 0.1) is 6.92 Å². The Hall–Kier alpha value is -0.580. The number of thiophene rings is 1. The lowest BCUT2D eigenvalue weighted by molar-refractivity contribution is -0.131. The van der Waals surface area contributed by atoms with Crippen LogP contribution in [0.4, 0.5) is 0 Å². The van der Waals surface area contributed by atoms with Crippen molar-refractivity contribution in [3.8, 4) is 0 Å². The molecule has 15 heavy (non-hydrogen) atoms. The number of aryl methyl sites for hydroxylation is 1. The maximum atomic E-state index is 11.5. The second-order valence-electron chi connectivity index (χ2n) is 3.50. The average Bonchev–Trinajstić information content (AvgIpc) is 2.49. The standard InChI is InChI=1S/C10H16N2OS.ClH/c1-7-4-5-9(14-7)6-12(3)10(13)8(2)11;/h4-5,8H,6,11H2,1-3H3;1H. The van der Waals surface area contributed by atoms with E-state index < -0.39 is 6.04 Å². The summed E-state index contributed by atoms with van der Waals surface area (Å²) in [4.78, 5) is 15.6. The van der Waals surface area contributed by atoms with Gasteiger partial charge in [-0.3, -0.25) is 4.79 Å². The van der Waals surface area contributed by atoms with Gasteiger partial charge < -0.3 is 10.6 Å². The number of carbonyl (C=O) groups is 1. The highest BCUT2D eigenvalue weighted by molar-refractivity contribution is 7.11. The molecule has 5 heteroatoms. The van der Waals surface area contributed by atoms with Crippen LogP contribution < -0.4 is 5.73 Å². The fourth-order valence-electron chi connectivity index (χ4n) is 1.23.